The molecule has 136 valence electrons. The van der Waals surface area contributed by atoms with Crippen LogP contribution in [0.25, 0.3) is 11.0 Å². The quantitative estimate of drug-likeness (QED) is 0.560. The molecule has 0 amide bonds. The average Bonchev–Trinajstić information content (AvgIpc) is 2.99. The van der Waals surface area contributed by atoms with Crippen molar-refractivity contribution >= 4 is 40.3 Å². The van der Waals surface area contributed by atoms with Crippen LogP contribution < -0.4 is 9.47 Å². The van der Waals surface area contributed by atoms with E-state index in [1.807, 2.05) is 26.2 Å². The lowest BCUT2D eigenvalue weighted by atomic mass is 10.2. The molecular weight excluding hydrogens is 372 g/mol. The Labute approximate surface area is 161 Å². The minimum Gasteiger partial charge on any atom is -0.490 e. The van der Waals surface area contributed by atoms with Gasteiger partial charge in [-0.15, -0.1) is 0 Å². The van der Waals surface area contributed by atoms with Gasteiger partial charge in [0.25, 0.3) is 5.91 Å². The summed E-state index contributed by atoms with van der Waals surface area (Å²) in [4.78, 5) is 17.7. The number of halogens is 1. The number of imidazole rings is 1. The number of rotatable bonds is 6. The van der Waals surface area contributed by atoms with Crippen molar-refractivity contribution in [2.24, 2.45) is 0 Å². The smallest absolute Gasteiger partial charge is 0.264 e. The second-order valence-corrected chi connectivity index (χ2v) is 6.61. The van der Waals surface area contributed by atoms with Crippen LogP contribution >= 0.6 is 23.4 Å². The first-order valence-electron chi connectivity index (χ1n) is 8.25. The third-order valence-corrected chi connectivity index (χ3v) is 4.62. The van der Waals surface area contributed by atoms with Crippen molar-refractivity contribution in [3.8, 4) is 11.5 Å². The molecule has 1 heterocycles. The van der Waals surface area contributed by atoms with Gasteiger partial charge in [-0.25, -0.2) is 4.98 Å². The Morgan fingerprint density at radius 2 is 1.85 bits per heavy atom. The standard InChI is InChI=1S/C19H19ClN2O3S/c1-4-24-16-10-14-15(11-17(16)25-5-2)22(19(21-14)26-3)18(23)12-7-6-8-13(20)9-12/h6-11H,4-5H2,1-3H3. The van der Waals surface area contributed by atoms with E-state index < -0.39 is 0 Å². The second-order valence-electron chi connectivity index (χ2n) is 5.40. The average molecular weight is 391 g/mol. The maximum absolute atomic E-state index is 13.1. The van der Waals surface area contributed by atoms with Crippen molar-refractivity contribution in [1.29, 1.82) is 0 Å². The summed E-state index contributed by atoms with van der Waals surface area (Å²) in [5.74, 6) is 1.02. The summed E-state index contributed by atoms with van der Waals surface area (Å²) in [6.07, 6.45) is 1.88. The van der Waals surface area contributed by atoms with Crippen LogP contribution in [0.4, 0.5) is 0 Å². The SMILES string of the molecule is CCOc1cc2nc(SC)n(C(=O)c3cccc(Cl)c3)c2cc1OCC. The lowest BCUT2D eigenvalue weighted by Gasteiger charge is -2.12. The number of aromatic nitrogens is 2. The molecule has 0 saturated heterocycles. The number of hydrogen-bond donors (Lipinski definition) is 0. The third-order valence-electron chi connectivity index (χ3n) is 3.75. The molecule has 0 fully saturated rings. The predicted octanol–water partition coefficient (Wildman–Crippen LogP) is 4.90. The highest BCUT2D eigenvalue weighted by molar-refractivity contribution is 7.98. The normalized spacial score (nSPS) is 10.9. The lowest BCUT2D eigenvalue weighted by Crippen LogP contribution is -2.13. The van der Waals surface area contributed by atoms with Gasteiger partial charge in [0, 0.05) is 22.7 Å². The zero-order valence-corrected chi connectivity index (χ0v) is 16.4. The molecule has 5 nitrogen and oxygen atoms in total. The molecule has 2 aromatic carbocycles. The minimum atomic E-state index is -0.189. The number of carbonyl (C=O) groups is 1. The maximum atomic E-state index is 13.1. The molecule has 0 radical (unpaired) electrons. The first-order valence-corrected chi connectivity index (χ1v) is 9.85. The van der Waals surface area contributed by atoms with E-state index in [2.05, 4.69) is 4.98 Å². The molecule has 0 aliphatic rings. The molecule has 0 unspecified atom stereocenters. The van der Waals surface area contributed by atoms with E-state index in [1.165, 1.54) is 11.8 Å². The van der Waals surface area contributed by atoms with Gasteiger partial charge in [0.05, 0.1) is 24.2 Å². The summed E-state index contributed by atoms with van der Waals surface area (Å²) in [5.41, 5.74) is 1.85. The molecule has 7 heteroatoms. The van der Waals surface area contributed by atoms with E-state index in [9.17, 15) is 4.79 Å². The molecule has 0 atom stereocenters. The first kappa shape index (κ1) is 18.6. The van der Waals surface area contributed by atoms with Crippen LogP contribution in [0.1, 0.15) is 24.2 Å². The Morgan fingerprint density at radius 3 is 2.46 bits per heavy atom. The van der Waals surface area contributed by atoms with Gasteiger partial charge < -0.3 is 9.47 Å². The molecular formula is C19H19ClN2O3S. The Kier molecular flexibility index (Phi) is 5.74. The molecule has 0 bridgehead atoms. The molecule has 0 aliphatic heterocycles. The minimum absolute atomic E-state index is 0.189. The topological polar surface area (TPSA) is 53.4 Å². The fourth-order valence-corrected chi connectivity index (χ4v) is 3.43. The highest BCUT2D eigenvalue weighted by Crippen LogP contribution is 2.35. The zero-order chi connectivity index (χ0) is 18.7. The predicted molar refractivity (Wildman–Crippen MR) is 105 cm³/mol. The van der Waals surface area contributed by atoms with Crippen LogP contribution in [0.3, 0.4) is 0 Å². The lowest BCUT2D eigenvalue weighted by molar-refractivity contribution is 0.0955. The van der Waals surface area contributed by atoms with Gasteiger partial charge >= 0.3 is 0 Å². The molecule has 26 heavy (non-hydrogen) atoms. The van der Waals surface area contributed by atoms with Crippen LogP contribution in [0.5, 0.6) is 11.5 Å². The molecule has 0 spiro atoms. The van der Waals surface area contributed by atoms with E-state index in [-0.39, 0.29) is 5.91 Å². The van der Waals surface area contributed by atoms with Crippen molar-refractivity contribution in [3.05, 3.63) is 47.0 Å². The van der Waals surface area contributed by atoms with Crippen molar-refractivity contribution in [2.45, 2.75) is 19.0 Å². The Hall–Kier alpha value is -2.18. The van der Waals surface area contributed by atoms with Crippen molar-refractivity contribution < 1.29 is 14.3 Å². The second kappa shape index (κ2) is 8.01. The molecule has 0 saturated carbocycles. The zero-order valence-electron chi connectivity index (χ0n) is 14.8. The Morgan fingerprint density at radius 1 is 1.15 bits per heavy atom. The van der Waals surface area contributed by atoms with Crippen LogP contribution in [0.15, 0.2) is 41.6 Å². The third kappa shape index (κ3) is 3.52. The summed E-state index contributed by atoms with van der Waals surface area (Å²) in [6.45, 7) is 4.83. The highest BCUT2D eigenvalue weighted by Gasteiger charge is 2.21. The van der Waals surface area contributed by atoms with E-state index in [1.54, 1.807) is 34.9 Å². The maximum Gasteiger partial charge on any atom is 0.264 e. The van der Waals surface area contributed by atoms with Crippen LogP contribution in [-0.4, -0.2) is 34.9 Å². The number of ether oxygens (including phenoxy) is 2. The highest BCUT2D eigenvalue weighted by atomic mass is 35.5. The van der Waals surface area contributed by atoms with E-state index in [0.29, 0.717) is 51.5 Å². The summed E-state index contributed by atoms with van der Waals surface area (Å²) in [5, 5.41) is 1.11. The number of fused-ring (bicyclic) bond motifs is 1. The molecule has 0 N–H and O–H groups in total. The number of nitrogens with zero attached hydrogens (tertiary/aromatic N) is 2. The van der Waals surface area contributed by atoms with Crippen molar-refractivity contribution in [2.75, 3.05) is 19.5 Å². The van der Waals surface area contributed by atoms with Gasteiger partial charge in [-0.2, -0.15) is 0 Å². The molecule has 3 rings (SSSR count). The van der Waals surface area contributed by atoms with Gasteiger partial charge in [-0.3, -0.25) is 9.36 Å². The van der Waals surface area contributed by atoms with Crippen molar-refractivity contribution in [1.82, 2.24) is 9.55 Å². The summed E-state index contributed by atoms with van der Waals surface area (Å²) in [6, 6.07) is 10.5. The van der Waals surface area contributed by atoms with Crippen LogP contribution in [0.2, 0.25) is 5.02 Å². The number of carbonyl (C=O) groups excluding carboxylic acids is 1. The van der Waals surface area contributed by atoms with Crippen LogP contribution in [0, 0.1) is 0 Å². The van der Waals surface area contributed by atoms with Gasteiger partial charge in [-0.1, -0.05) is 29.4 Å². The van der Waals surface area contributed by atoms with E-state index in [0.717, 1.165) is 0 Å². The Bertz CT molecular complexity index is 955. The molecule has 3 aromatic rings. The summed E-state index contributed by atoms with van der Waals surface area (Å²) < 4.78 is 12.9. The number of hydrogen-bond acceptors (Lipinski definition) is 5. The van der Waals surface area contributed by atoms with Gasteiger partial charge in [0.15, 0.2) is 16.7 Å². The first-order chi connectivity index (χ1) is 12.6. The monoisotopic (exact) mass is 390 g/mol. The molecule has 0 aliphatic carbocycles. The van der Waals surface area contributed by atoms with E-state index in [4.69, 9.17) is 21.1 Å². The fourth-order valence-electron chi connectivity index (χ4n) is 2.68. The van der Waals surface area contributed by atoms with Crippen molar-refractivity contribution in [3.63, 3.8) is 0 Å². The summed E-state index contributed by atoms with van der Waals surface area (Å²) in [7, 11) is 0. The van der Waals surface area contributed by atoms with Gasteiger partial charge in [0.1, 0.15) is 0 Å². The van der Waals surface area contributed by atoms with E-state index >= 15 is 0 Å². The van der Waals surface area contributed by atoms with Crippen LogP contribution in [-0.2, 0) is 0 Å². The summed E-state index contributed by atoms with van der Waals surface area (Å²) >= 11 is 7.45. The number of thioether (sulfide) groups is 1. The van der Waals surface area contributed by atoms with Gasteiger partial charge in [-0.05, 0) is 38.3 Å². The van der Waals surface area contributed by atoms with Gasteiger partial charge in [0.2, 0.25) is 0 Å². The Balaban J connectivity index is 2.20. The molecule has 1 aromatic heterocycles. The number of benzene rings is 2. The fraction of sp³-hybridized carbons (Fsp3) is 0.263. The largest absolute Gasteiger partial charge is 0.490 e.